The Hall–Kier alpha value is -2.80. The molecular weight excluding hydrogens is 375 g/mol. The number of carbonyl (C=O) groups excluding carboxylic acids is 2. The molecule has 8 heteroatoms. The van der Waals surface area contributed by atoms with Crippen LogP contribution >= 0.6 is 11.6 Å². The minimum Gasteiger partial charge on any atom is -0.492 e. The quantitative estimate of drug-likeness (QED) is 0.784. The van der Waals surface area contributed by atoms with Crippen LogP contribution in [0.4, 0.5) is 4.39 Å². The Kier molecular flexibility index (Phi) is 5.81. The number of nitrogens with one attached hydrogen (secondary N) is 2. The number of rotatable bonds is 4. The summed E-state index contributed by atoms with van der Waals surface area (Å²) in [6.07, 6.45) is -0.553. The summed E-state index contributed by atoms with van der Waals surface area (Å²) in [6.45, 7) is 1.65. The van der Waals surface area contributed by atoms with E-state index in [1.807, 2.05) is 0 Å². The number of para-hydroxylation sites is 1. The van der Waals surface area contributed by atoms with Crippen LogP contribution in [0.25, 0.3) is 0 Å². The number of hydrogen-bond donors (Lipinski definition) is 2. The molecule has 1 heterocycles. The summed E-state index contributed by atoms with van der Waals surface area (Å²) >= 11 is 5.97. The second-order valence-corrected chi connectivity index (χ2v) is 6.57. The SMILES string of the molecule is C[C@@H](Oc1ccccc1F)C(=O)NNC(=O)[C@H]1COc2ccc(Cl)cc2C1. The van der Waals surface area contributed by atoms with E-state index in [0.29, 0.717) is 17.2 Å². The highest BCUT2D eigenvalue weighted by atomic mass is 35.5. The van der Waals surface area contributed by atoms with Gasteiger partial charge in [0.05, 0.1) is 5.92 Å². The van der Waals surface area contributed by atoms with Crippen LogP contribution in [-0.2, 0) is 16.0 Å². The van der Waals surface area contributed by atoms with Crippen LogP contribution in [0.5, 0.6) is 11.5 Å². The van der Waals surface area contributed by atoms with E-state index < -0.39 is 29.7 Å². The zero-order valence-corrected chi connectivity index (χ0v) is 15.3. The smallest absolute Gasteiger partial charge is 0.279 e. The van der Waals surface area contributed by atoms with Crippen molar-refractivity contribution in [1.29, 1.82) is 0 Å². The predicted molar refractivity (Wildman–Crippen MR) is 96.9 cm³/mol. The number of hydrogen-bond acceptors (Lipinski definition) is 4. The fourth-order valence-electron chi connectivity index (χ4n) is 2.64. The normalized spacial score (nSPS) is 16.5. The van der Waals surface area contributed by atoms with Crippen LogP contribution in [0.15, 0.2) is 42.5 Å². The van der Waals surface area contributed by atoms with Gasteiger partial charge in [-0.25, -0.2) is 4.39 Å². The molecule has 1 aliphatic heterocycles. The van der Waals surface area contributed by atoms with E-state index in [4.69, 9.17) is 21.1 Å². The van der Waals surface area contributed by atoms with Crippen molar-refractivity contribution in [2.45, 2.75) is 19.4 Å². The average molecular weight is 393 g/mol. The first kappa shape index (κ1) is 19.0. The Bertz CT molecular complexity index is 861. The number of hydrazine groups is 1. The molecule has 3 rings (SSSR count). The summed E-state index contributed by atoms with van der Waals surface area (Å²) in [6, 6.07) is 11.0. The fraction of sp³-hybridized carbons (Fsp3) is 0.263. The first-order valence-electron chi connectivity index (χ1n) is 8.36. The van der Waals surface area contributed by atoms with Gasteiger partial charge < -0.3 is 9.47 Å². The zero-order chi connectivity index (χ0) is 19.4. The third-order valence-corrected chi connectivity index (χ3v) is 4.35. The van der Waals surface area contributed by atoms with Crippen LogP contribution in [0.3, 0.4) is 0 Å². The first-order chi connectivity index (χ1) is 12.9. The molecule has 2 atom stereocenters. The second-order valence-electron chi connectivity index (χ2n) is 6.13. The van der Waals surface area contributed by atoms with Crippen molar-refractivity contribution < 1.29 is 23.5 Å². The molecule has 2 N–H and O–H groups in total. The highest BCUT2D eigenvalue weighted by molar-refractivity contribution is 6.30. The third-order valence-electron chi connectivity index (χ3n) is 4.12. The number of amides is 2. The van der Waals surface area contributed by atoms with Crippen molar-refractivity contribution in [2.24, 2.45) is 5.92 Å². The minimum atomic E-state index is -0.996. The number of ether oxygens (including phenoxy) is 2. The second kappa shape index (κ2) is 8.26. The molecule has 2 aromatic rings. The number of halogens is 2. The molecule has 0 saturated heterocycles. The average Bonchev–Trinajstić information content (AvgIpc) is 2.66. The summed E-state index contributed by atoms with van der Waals surface area (Å²) in [4.78, 5) is 24.4. The van der Waals surface area contributed by atoms with Crippen LogP contribution in [0.2, 0.25) is 5.02 Å². The monoisotopic (exact) mass is 392 g/mol. The lowest BCUT2D eigenvalue weighted by molar-refractivity contribution is -0.135. The molecule has 2 aromatic carbocycles. The third kappa shape index (κ3) is 4.68. The number of benzene rings is 2. The maximum Gasteiger partial charge on any atom is 0.279 e. The predicted octanol–water partition coefficient (Wildman–Crippen LogP) is 2.65. The van der Waals surface area contributed by atoms with E-state index in [1.54, 1.807) is 24.3 Å². The van der Waals surface area contributed by atoms with Crippen molar-refractivity contribution in [1.82, 2.24) is 10.9 Å². The van der Waals surface area contributed by atoms with Gasteiger partial charge in [-0.2, -0.15) is 0 Å². The first-order valence-corrected chi connectivity index (χ1v) is 8.74. The van der Waals surface area contributed by atoms with Gasteiger partial charge in [0.15, 0.2) is 17.7 Å². The van der Waals surface area contributed by atoms with Gasteiger partial charge in [-0.05, 0) is 49.2 Å². The molecule has 0 bridgehead atoms. The molecule has 0 spiro atoms. The lowest BCUT2D eigenvalue weighted by atomic mass is 9.96. The van der Waals surface area contributed by atoms with Crippen LogP contribution < -0.4 is 20.3 Å². The topological polar surface area (TPSA) is 76.7 Å². The molecule has 0 unspecified atom stereocenters. The summed E-state index contributed by atoms with van der Waals surface area (Å²) in [7, 11) is 0. The van der Waals surface area contributed by atoms with E-state index in [1.165, 1.54) is 25.1 Å². The van der Waals surface area contributed by atoms with Gasteiger partial charge in [0.25, 0.3) is 5.91 Å². The summed E-state index contributed by atoms with van der Waals surface area (Å²) in [5.74, 6) is -1.39. The lowest BCUT2D eigenvalue weighted by Crippen LogP contribution is -2.50. The molecule has 6 nitrogen and oxygen atoms in total. The van der Waals surface area contributed by atoms with E-state index >= 15 is 0 Å². The van der Waals surface area contributed by atoms with E-state index in [9.17, 15) is 14.0 Å². The van der Waals surface area contributed by atoms with Crippen molar-refractivity contribution >= 4 is 23.4 Å². The van der Waals surface area contributed by atoms with E-state index in [0.717, 1.165) is 5.56 Å². The Morgan fingerprint density at radius 2 is 2.04 bits per heavy atom. The van der Waals surface area contributed by atoms with Gasteiger partial charge in [0, 0.05) is 5.02 Å². The summed E-state index contributed by atoms with van der Waals surface area (Å²) in [5, 5.41) is 0.561. The van der Waals surface area contributed by atoms with Crippen LogP contribution in [-0.4, -0.2) is 24.5 Å². The summed E-state index contributed by atoms with van der Waals surface area (Å²) < 4.78 is 24.4. The zero-order valence-electron chi connectivity index (χ0n) is 14.5. The largest absolute Gasteiger partial charge is 0.492 e. The molecule has 2 amide bonds. The van der Waals surface area contributed by atoms with Gasteiger partial charge >= 0.3 is 0 Å². The highest BCUT2D eigenvalue weighted by Crippen LogP contribution is 2.29. The number of carbonyl (C=O) groups is 2. The van der Waals surface area contributed by atoms with Crippen LogP contribution in [0, 0.1) is 11.7 Å². The van der Waals surface area contributed by atoms with E-state index in [-0.39, 0.29) is 12.4 Å². The molecule has 27 heavy (non-hydrogen) atoms. The maximum atomic E-state index is 13.6. The fourth-order valence-corrected chi connectivity index (χ4v) is 2.84. The van der Waals surface area contributed by atoms with Gasteiger partial charge in [-0.1, -0.05) is 23.7 Å². The van der Waals surface area contributed by atoms with Crippen molar-refractivity contribution in [2.75, 3.05) is 6.61 Å². The van der Waals surface area contributed by atoms with Crippen LogP contribution in [0.1, 0.15) is 12.5 Å². The molecule has 142 valence electrons. The summed E-state index contributed by atoms with van der Waals surface area (Å²) in [5.41, 5.74) is 5.47. The van der Waals surface area contributed by atoms with Crippen molar-refractivity contribution in [3.8, 4) is 11.5 Å². The Balaban J connectivity index is 1.51. The Morgan fingerprint density at radius 1 is 1.26 bits per heavy atom. The maximum absolute atomic E-state index is 13.6. The molecule has 0 saturated carbocycles. The van der Waals surface area contributed by atoms with Gasteiger partial charge in [0.2, 0.25) is 5.91 Å². The Labute approximate surface area is 160 Å². The van der Waals surface area contributed by atoms with Crippen molar-refractivity contribution in [3.05, 3.63) is 58.9 Å². The molecule has 0 aliphatic carbocycles. The van der Waals surface area contributed by atoms with Gasteiger partial charge in [-0.15, -0.1) is 0 Å². The highest BCUT2D eigenvalue weighted by Gasteiger charge is 2.27. The molecule has 1 aliphatic rings. The number of fused-ring (bicyclic) bond motifs is 1. The van der Waals surface area contributed by atoms with Gasteiger partial charge in [-0.3, -0.25) is 20.4 Å². The molecule has 0 fully saturated rings. The molecule has 0 radical (unpaired) electrons. The lowest BCUT2D eigenvalue weighted by Gasteiger charge is -2.25. The van der Waals surface area contributed by atoms with Gasteiger partial charge in [0.1, 0.15) is 12.4 Å². The minimum absolute atomic E-state index is 0.0411. The molecular formula is C19H18ClFN2O4. The van der Waals surface area contributed by atoms with E-state index in [2.05, 4.69) is 10.9 Å². The Morgan fingerprint density at radius 3 is 2.81 bits per heavy atom. The standard InChI is InChI=1S/C19H18ClFN2O4/c1-11(27-17-5-3-2-4-15(17)21)18(24)22-23-19(25)13-8-12-9-14(20)6-7-16(12)26-10-13/h2-7,9,11,13H,8,10H2,1H3,(H,22,24)(H,23,25)/t11-,13-/m1/s1. The molecule has 0 aromatic heterocycles. The van der Waals surface area contributed by atoms with Crippen molar-refractivity contribution in [3.63, 3.8) is 0 Å².